The van der Waals surface area contributed by atoms with Crippen molar-refractivity contribution in [1.82, 2.24) is 5.32 Å². The molecule has 0 unspecified atom stereocenters. The lowest BCUT2D eigenvalue weighted by Crippen LogP contribution is -2.25. The first-order valence-electron chi connectivity index (χ1n) is 5.79. The lowest BCUT2D eigenvalue weighted by atomic mass is 10.4. The Hall–Kier alpha value is -0.960. The maximum Gasteiger partial charge on any atom is 0.220 e. The molecular weight excluding hydrogens is 218 g/mol. The number of hydrogen-bond donors (Lipinski definition) is 1. The monoisotopic (exact) mass is 235 g/mol. The summed E-state index contributed by atoms with van der Waals surface area (Å²) in [6, 6.07) is 10.2. The second-order valence-electron chi connectivity index (χ2n) is 4.16. The summed E-state index contributed by atoms with van der Waals surface area (Å²) in [6.45, 7) is 0.884. The van der Waals surface area contributed by atoms with Gasteiger partial charge in [-0.3, -0.25) is 4.79 Å². The number of benzene rings is 1. The van der Waals surface area contributed by atoms with Gasteiger partial charge in [-0.1, -0.05) is 18.2 Å². The van der Waals surface area contributed by atoms with Crippen molar-refractivity contribution in [3.8, 4) is 0 Å². The summed E-state index contributed by atoms with van der Waals surface area (Å²) in [6.07, 6.45) is 3.20. The normalized spacial score (nSPS) is 14.8. The maximum absolute atomic E-state index is 11.4. The summed E-state index contributed by atoms with van der Waals surface area (Å²) >= 11 is 1.74. The molecule has 1 N–H and O–H groups in total. The molecule has 0 heterocycles. The first-order chi connectivity index (χ1) is 7.84. The molecule has 86 valence electrons. The first kappa shape index (κ1) is 11.5. The molecule has 0 radical (unpaired) electrons. The largest absolute Gasteiger partial charge is 0.356 e. The second-order valence-corrected chi connectivity index (χ2v) is 5.33. The average molecular weight is 235 g/mol. The highest BCUT2D eigenvalue weighted by Gasteiger charge is 2.21. The summed E-state index contributed by atoms with van der Waals surface area (Å²) in [5.41, 5.74) is 0. The zero-order valence-electron chi connectivity index (χ0n) is 9.32. The Kier molecular flexibility index (Phi) is 4.28. The van der Waals surface area contributed by atoms with Gasteiger partial charge in [0.2, 0.25) is 5.91 Å². The molecule has 1 amide bonds. The highest BCUT2D eigenvalue weighted by Crippen LogP contribution is 2.27. The van der Waals surface area contributed by atoms with Crippen molar-refractivity contribution in [3.05, 3.63) is 30.3 Å². The Morgan fingerprint density at radius 2 is 2.06 bits per heavy atom. The third-order valence-electron chi connectivity index (χ3n) is 2.63. The van der Waals surface area contributed by atoms with Crippen LogP contribution in [0.2, 0.25) is 0 Å². The zero-order valence-corrected chi connectivity index (χ0v) is 10.1. The number of carbonyl (C=O) groups is 1. The predicted octanol–water partition coefficient (Wildman–Crippen LogP) is 2.70. The summed E-state index contributed by atoms with van der Waals surface area (Å²) in [7, 11) is 0. The van der Waals surface area contributed by atoms with Crippen LogP contribution >= 0.6 is 11.8 Å². The summed E-state index contributed by atoms with van der Waals surface area (Å²) < 4.78 is 0. The van der Waals surface area contributed by atoms with E-state index in [0.29, 0.717) is 6.42 Å². The Labute approximate surface area is 101 Å². The Morgan fingerprint density at radius 3 is 2.75 bits per heavy atom. The molecule has 0 atom stereocenters. The highest BCUT2D eigenvalue weighted by atomic mass is 32.2. The Bertz CT molecular complexity index is 335. The van der Waals surface area contributed by atoms with Crippen molar-refractivity contribution in [2.24, 2.45) is 5.92 Å². The van der Waals surface area contributed by atoms with Crippen LogP contribution in [-0.2, 0) is 4.79 Å². The van der Waals surface area contributed by atoms with Crippen molar-refractivity contribution < 1.29 is 4.79 Å². The number of hydrogen-bond acceptors (Lipinski definition) is 2. The number of thioether (sulfide) groups is 1. The fourth-order valence-electron chi connectivity index (χ4n) is 1.45. The van der Waals surface area contributed by atoms with Crippen molar-refractivity contribution in [2.75, 3.05) is 12.3 Å². The molecule has 0 bridgehead atoms. The van der Waals surface area contributed by atoms with Gasteiger partial charge in [0.1, 0.15) is 0 Å². The molecule has 0 spiro atoms. The smallest absolute Gasteiger partial charge is 0.220 e. The van der Waals surface area contributed by atoms with Crippen LogP contribution in [-0.4, -0.2) is 18.2 Å². The van der Waals surface area contributed by atoms with E-state index in [2.05, 4.69) is 17.4 Å². The zero-order chi connectivity index (χ0) is 11.2. The molecular formula is C13H17NOS. The topological polar surface area (TPSA) is 29.1 Å². The molecule has 1 saturated carbocycles. The molecule has 2 rings (SSSR count). The number of nitrogens with one attached hydrogen (secondary N) is 1. The molecule has 0 saturated heterocycles. The van der Waals surface area contributed by atoms with E-state index in [-0.39, 0.29) is 5.91 Å². The van der Waals surface area contributed by atoms with E-state index in [4.69, 9.17) is 0 Å². The van der Waals surface area contributed by atoms with E-state index in [1.54, 1.807) is 11.8 Å². The summed E-state index contributed by atoms with van der Waals surface area (Å²) in [5, 5.41) is 2.98. The number of amides is 1. The van der Waals surface area contributed by atoms with Crippen molar-refractivity contribution in [1.29, 1.82) is 0 Å². The number of rotatable bonds is 6. The van der Waals surface area contributed by atoms with Gasteiger partial charge in [0.15, 0.2) is 0 Å². The minimum atomic E-state index is 0.190. The Morgan fingerprint density at radius 1 is 1.31 bits per heavy atom. The molecule has 1 aromatic rings. The van der Waals surface area contributed by atoms with Gasteiger partial charge in [-0.25, -0.2) is 0 Å². The molecule has 0 aromatic heterocycles. The van der Waals surface area contributed by atoms with Gasteiger partial charge in [-0.05, 0) is 30.9 Å². The summed E-state index contributed by atoms with van der Waals surface area (Å²) in [4.78, 5) is 12.7. The fourth-order valence-corrected chi connectivity index (χ4v) is 2.32. The molecule has 0 aliphatic heterocycles. The van der Waals surface area contributed by atoms with E-state index in [0.717, 1.165) is 18.2 Å². The first-order valence-corrected chi connectivity index (χ1v) is 6.78. The maximum atomic E-state index is 11.4. The van der Waals surface area contributed by atoms with Gasteiger partial charge in [-0.2, -0.15) is 0 Å². The van der Waals surface area contributed by atoms with Crippen LogP contribution in [0.5, 0.6) is 0 Å². The summed E-state index contributed by atoms with van der Waals surface area (Å²) in [5.74, 6) is 1.82. The van der Waals surface area contributed by atoms with Crippen LogP contribution in [0.4, 0.5) is 0 Å². The van der Waals surface area contributed by atoms with Crippen LogP contribution in [0.15, 0.2) is 35.2 Å². The third kappa shape index (κ3) is 4.27. The fraction of sp³-hybridized carbons (Fsp3) is 0.462. The molecule has 16 heavy (non-hydrogen) atoms. The van der Waals surface area contributed by atoms with Crippen LogP contribution < -0.4 is 5.32 Å². The van der Waals surface area contributed by atoms with E-state index >= 15 is 0 Å². The van der Waals surface area contributed by atoms with E-state index in [1.165, 1.54) is 17.7 Å². The van der Waals surface area contributed by atoms with Crippen LogP contribution in [0.25, 0.3) is 0 Å². The quantitative estimate of drug-likeness (QED) is 0.768. The van der Waals surface area contributed by atoms with Gasteiger partial charge < -0.3 is 5.32 Å². The Balaban J connectivity index is 1.58. The SMILES string of the molecule is O=C(CCSc1ccccc1)NCC1CC1. The van der Waals surface area contributed by atoms with Gasteiger partial charge in [0.25, 0.3) is 0 Å². The average Bonchev–Trinajstić information content (AvgIpc) is 3.12. The van der Waals surface area contributed by atoms with Crippen LogP contribution in [0.3, 0.4) is 0 Å². The van der Waals surface area contributed by atoms with Crippen LogP contribution in [0, 0.1) is 5.92 Å². The number of carbonyl (C=O) groups excluding carboxylic acids is 1. The minimum Gasteiger partial charge on any atom is -0.356 e. The molecule has 1 fully saturated rings. The van der Waals surface area contributed by atoms with Gasteiger partial charge in [0, 0.05) is 23.6 Å². The van der Waals surface area contributed by atoms with E-state index < -0.39 is 0 Å². The molecule has 1 aliphatic carbocycles. The van der Waals surface area contributed by atoms with Gasteiger partial charge in [0.05, 0.1) is 0 Å². The molecule has 1 aliphatic rings. The molecule has 1 aromatic carbocycles. The van der Waals surface area contributed by atoms with E-state index in [9.17, 15) is 4.79 Å². The van der Waals surface area contributed by atoms with Gasteiger partial charge >= 0.3 is 0 Å². The lowest BCUT2D eigenvalue weighted by Gasteiger charge is -2.03. The third-order valence-corrected chi connectivity index (χ3v) is 3.64. The van der Waals surface area contributed by atoms with Gasteiger partial charge in [-0.15, -0.1) is 11.8 Å². The van der Waals surface area contributed by atoms with Crippen molar-refractivity contribution >= 4 is 17.7 Å². The van der Waals surface area contributed by atoms with Crippen molar-refractivity contribution in [3.63, 3.8) is 0 Å². The van der Waals surface area contributed by atoms with Crippen LogP contribution in [0.1, 0.15) is 19.3 Å². The lowest BCUT2D eigenvalue weighted by molar-refractivity contribution is -0.120. The minimum absolute atomic E-state index is 0.190. The van der Waals surface area contributed by atoms with Crippen molar-refractivity contribution in [2.45, 2.75) is 24.2 Å². The standard InChI is InChI=1S/C13H17NOS/c15-13(14-10-11-6-7-11)8-9-16-12-4-2-1-3-5-12/h1-5,11H,6-10H2,(H,14,15). The molecule has 2 nitrogen and oxygen atoms in total. The molecule has 3 heteroatoms. The predicted molar refractivity (Wildman–Crippen MR) is 67.5 cm³/mol. The second kappa shape index (κ2) is 5.94. The van der Waals surface area contributed by atoms with E-state index in [1.807, 2.05) is 18.2 Å². The highest BCUT2D eigenvalue weighted by molar-refractivity contribution is 7.99.